The van der Waals surface area contributed by atoms with Gasteiger partial charge in [0.15, 0.2) is 17.3 Å². The number of hydrogen-bond acceptors (Lipinski definition) is 5. The van der Waals surface area contributed by atoms with Gasteiger partial charge >= 0.3 is 5.97 Å². The van der Waals surface area contributed by atoms with Crippen LogP contribution in [0.4, 0.5) is 4.39 Å². The van der Waals surface area contributed by atoms with Crippen LogP contribution < -0.4 is 5.43 Å². The van der Waals surface area contributed by atoms with E-state index in [1.165, 1.54) is 6.20 Å². The van der Waals surface area contributed by atoms with Crippen molar-refractivity contribution in [2.24, 2.45) is 0 Å². The van der Waals surface area contributed by atoms with Crippen molar-refractivity contribution in [2.75, 3.05) is 6.61 Å². The SMILES string of the molecule is CCOC(=O)c1cn(C2CC2)c2nc(Cl)c(F)c(C=O)c2c1=O. The number of aldehydes is 1. The molecule has 120 valence electrons. The maximum atomic E-state index is 14.1. The molecule has 1 aliphatic carbocycles. The Morgan fingerprint density at radius 2 is 2.26 bits per heavy atom. The summed E-state index contributed by atoms with van der Waals surface area (Å²) in [4.78, 5) is 39.7. The molecule has 0 spiro atoms. The van der Waals surface area contributed by atoms with Crippen LogP contribution in [0.3, 0.4) is 0 Å². The smallest absolute Gasteiger partial charge is 0.343 e. The summed E-state index contributed by atoms with van der Waals surface area (Å²) >= 11 is 5.72. The predicted octanol–water partition coefficient (Wildman–Crippen LogP) is 2.51. The first-order chi connectivity index (χ1) is 11.0. The molecule has 3 rings (SSSR count). The van der Waals surface area contributed by atoms with Crippen molar-refractivity contribution in [3.05, 3.63) is 38.5 Å². The minimum Gasteiger partial charge on any atom is -0.462 e. The Balaban J connectivity index is 2.43. The summed E-state index contributed by atoms with van der Waals surface area (Å²) in [5.41, 5.74) is -1.44. The van der Waals surface area contributed by atoms with Gasteiger partial charge in [0.05, 0.1) is 17.6 Å². The molecule has 1 saturated carbocycles. The number of rotatable bonds is 4. The van der Waals surface area contributed by atoms with Gasteiger partial charge in [0, 0.05) is 12.2 Å². The molecule has 2 heterocycles. The topological polar surface area (TPSA) is 78.3 Å². The molecular formula is C15H12ClFN2O4. The van der Waals surface area contributed by atoms with Crippen molar-refractivity contribution in [2.45, 2.75) is 25.8 Å². The summed E-state index contributed by atoms with van der Waals surface area (Å²) in [6.45, 7) is 1.70. The predicted molar refractivity (Wildman–Crippen MR) is 80.6 cm³/mol. The van der Waals surface area contributed by atoms with E-state index in [2.05, 4.69) is 4.98 Å². The summed E-state index contributed by atoms with van der Waals surface area (Å²) in [5.74, 6) is -1.89. The molecule has 2 aromatic heterocycles. The second kappa shape index (κ2) is 5.73. The molecule has 6 nitrogen and oxygen atoms in total. The van der Waals surface area contributed by atoms with E-state index in [0.29, 0.717) is 0 Å². The number of nitrogens with zero attached hydrogens (tertiary/aromatic N) is 2. The minimum atomic E-state index is -1.07. The highest BCUT2D eigenvalue weighted by atomic mass is 35.5. The number of halogens is 2. The molecule has 8 heteroatoms. The van der Waals surface area contributed by atoms with E-state index in [0.717, 1.165) is 12.8 Å². The van der Waals surface area contributed by atoms with Crippen LogP contribution in [-0.2, 0) is 4.74 Å². The standard InChI is InChI=1S/C15H12ClFN2O4/c1-2-23-15(22)8-5-19(7-3-4-7)14-10(12(8)21)9(6-20)11(17)13(16)18-14/h5-7H,2-4H2,1H3. The monoisotopic (exact) mass is 338 g/mol. The summed E-state index contributed by atoms with van der Waals surface area (Å²) in [6, 6.07) is 0.0276. The maximum Gasteiger partial charge on any atom is 0.343 e. The zero-order chi connectivity index (χ0) is 16.7. The number of ether oxygens (including phenoxy) is 1. The van der Waals surface area contributed by atoms with Crippen molar-refractivity contribution in [1.82, 2.24) is 9.55 Å². The van der Waals surface area contributed by atoms with Crippen molar-refractivity contribution in [3.8, 4) is 0 Å². The third-order valence-electron chi connectivity index (χ3n) is 3.65. The van der Waals surface area contributed by atoms with Gasteiger partial charge in [0.25, 0.3) is 0 Å². The van der Waals surface area contributed by atoms with Crippen LogP contribution in [0.25, 0.3) is 11.0 Å². The molecular weight excluding hydrogens is 327 g/mol. The number of hydrogen-bond donors (Lipinski definition) is 0. The molecule has 0 aromatic carbocycles. The Kier molecular flexibility index (Phi) is 3.89. The summed E-state index contributed by atoms with van der Waals surface area (Å²) in [7, 11) is 0. The van der Waals surface area contributed by atoms with Crippen molar-refractivity contribution >= 4 is 34.9 Å². The van der Waals surface area contributed by atoms with Gasteiger partial charge in [-0.1, -0.05) is 11.6 Å². The minimum absolute atomic E-state index is 0.0276. The second-order valence-electron chi connectivity index (χ2n) is 5.18. The average molecular weight is 339 g/mol. The Labute approximate surface area is 134 Å². The first kappa shape index (κ1) is 15.6. The zero-order valence-corrected chi connectivity index (χ0v) is 12.9. The fraction of sp³-hybridized carbons (Fsp3) is 0.333. The second-order valence-corrected chi connectivity index (χ2v) is 5.54. The highest BCUT2D eigenvalue weighted by Gasteiger charge is 2.30. The number of aromatic nitrogens is 2. The Morgan fingerprint density at radius 3 is 2.83 bits per heavy atom. The van der Waals surface area contributed by atoms with E-state index < -0.39 is 27.9 Å². The number of fused-ring (bicyclic) bond motifs is 1. The van der Waals surface area contributed by atoms with Gasteiger partial charge in [0.1, 0.15) is 11.2 Å². The third kappa shape index (κ3) is 2.50. The van der Waals surface area contributed by atoms with Gasteiger partial charge in [-0.2, -0.15) is 0 Å². The molecule has 0 amide bonds. The Bertz CT molecular complexity index is 889. The van der Waals surface area contributed by atoms with Crippen molar-refractivity contribution in [3.63, 3.8) is 0 Å². The summed E-state index contributed by atoms with van der Waals surface area (Å²) in [6.07, 6.45) is 3.20. The molecule has 1 fully saturated rings. The van der Waals surface area contributed by atoms with E-state index >= 15 is 0 Å². The van der Waals surface area contributed by atoms with Gasteiger partial charge in [-0.05, 0) is 19.8 Å². The van der Waals surface area contributed by atoms with Crippen LogP contribution in [0, 0.1) is 5.82 Å². The lowest BCUT2D eigenvalue weighted by atomic mass is 10.1. The van der Waals surface area contributed by atoms with Crippen LogP contribution in [0.1, 0.15) is 46.5 Å². The first-order valence-electron chi connectivity index (χ1n) is 7.05. The molecule has 1 aliphatic rings. The van der Waals surface area contributed by atoms with E-state index in [9.17, 15) is 18.8 Å². The molecule has 23 heavy (non-hydrogen) atoms. The molecule has 0 bridgehead atoms. The van der Waals surface area contributed by atoms with Crippen LogP contribution >= 0.6 is 11.6 Å². The lowest BCUT2D eigenvalue weighted by Crippen LogP contribution is -2.23. The third-order valence-corrected chi connectivity index (χ3v) is 3.90. The molecule has 0 unspecified atom stereocenters. The van der Waals surface area contributed by atoms with Crippen LogP contribution in [0.2, 0.25) is 5.15 Å². The number of carbonyl (C=O) groups excluding carboxylic acids is 2. The largest absolute Gasteiger partial charge is 0.462 e. The fourth-order valence-electron chi connectivity index (χ4n) is 2.44. The normalized spacial score (nSPS) is 14.0. The molecule has 0 N–H and O–H groups in total. The zero-order valence-electron chi connectivity index (χ0n) is 12.1. The van der Waals surface area contributed by atoms with Gasteiger partial charge in [-0.15, -0.1) is 0 Å². The summed E-state index contributed by atoms with van der Waals surface area (Å²) in [5, 5.41) is -0.739. The average Bonchev–Trinajstić information content (AvgIpc) is 3.34. The Hall–Kier alpha value is -2.28. The van der Waals surface area contributed by atoms with Crippen LogP contribution in [0.15, 0.2) is 11.0 Å². The molecule has 2 aromatic rings. The lowest BCUT2D eigenvalue weighted by molar-refractivity contribution is 0.0524. The van der Waals surface area contributed by atoms with Crippen LogP contribution in [0.5, 0.6) is 0 Å². The number of esters is 1. The van der Waals surface area contributed by atoms with E-state index in [-0.39, 0.29) is 35.5 Å². The fourth-order valence-corrected chi connectivity index (χ4v) is 2.62. The quantitative estimate of drug-likeness (QED) is 0.486. The highest BCUT2D eigenvalue weighted by Crippen LogP contribution is 2.37. The summed E-state index contributed by atoms with van der Waals surface area (Å²) < 4.78 is 20.5. The van der Waals surface area contributed by atoms with Gasteiger partial charge in [0.2, 0.25) is 5.43 Å². The lowest BCUT2D eigenvalue weighted by Gasteiger charge is -2.13. The Morgan fingerprint density at radius 1 is 1.57 bits per heavy atom. The van der Waals surface area contributed by atoms with Crippen LogP contribution in [-0.4, -0.2) is 28.4 Å². The molecule has 0 atom stereocenters. The van der Waals surface area contributed by atoms with E-state index in [1.807, 2.05) is 0 Å². The molecule has 0 radical (unpaired) electrons. The highest BCUT2D eigenvalue weighted by molar-refractivity contribution is 6.30. The van der Waals surface area contributed by atoms with E-state index in [4.69, 9.17) is 16.3 Å². The molecule has 0 saturated heterocycles. The first-order valence-corrected chi connectivity index (χ1v) is 7.43. The van der Waals surface area contributed by atoms with Gasteiger partial charge in [-0.3, -0.25) is 9.59 Å². The van der Waals surface area contributed by atoms with Crippen molar-refractivity contribution in [1.29, 1.82) is 0 Å². The number of carbonyl (C=O) groups is 2. The van der Waals surface area contributed by atoms with Gasteiger partial charge < -0.3 is 9.30 Å². The number of pyridine rings is 2. The van der Waals surface area contributed by atoms with Gasteiger partial charge in [-0.25, -0.2) is 14.2 Å². The van der Waals surface area contributed by atoms with Crippen molar-refractivity contribution < 1.29 is 18.7 Å². The molecule has 0 aliphatic heterocycles. The van der Waals surface area contributed by atoms with E-state index in [1.54, 1.807) is 11.5 Å². The maximum absolute atomic E-state index is 14.1.